The predicted octanol–water partition coefficient (Wildman–Crippen LogP) is 3.14. The molecule has 0 atom stereocenters. The van der Waals surface area contributed by atoms with Crippen LogP contribution in [0.25, 0.3) is 0 Å². The second-order valence-corrected chi connectivity index (χ2v) is 7.02. The van der Waals surface area contributed by atoms with Gasteiger partial charge in [-0.3, -0.25) is 4.99 Å². The molecule has 0 aliphatic rings. The molecule has 0 aliphatic carbocycles. The highest BCUT2D eigenvalue weighted by Crippen LogP contribution is 2.29. The van der Waals surface area contributed by atoms with Crippen molar-refractivity contribution in [3.8, 4) is 11.8 Å². The Morgan fingerprint density at radius 2 is 1.83 bits per heavy atom. The van der Waals surface area contributed by atoms with Gasteiger partial charge in [0.2, 0.25) is 0 Å². The first-order valence-electron chi connectivity index (χ1n) is 9.09. The summed E-state index contributed by atoms with van der Waals surface area (Å²) in [6.07, 6.45) is -4.21. The number of alkyl carbamates (subject to hydrolysis) is 1. The number of carbonyl (C=O) groups excluding carboxylic acids is 1. The van der Waals surface area contributed by atoms with Gasteiger partial charge in [-0.1, -0.05) is 17.9 Å². The summed E-state index contributed by atoms with van der Waals surface area (Å²) in [4.78, 5) is 15.5. The fourth-order valence-electron chi connectivity index (χ4n) is 2.07. The van der Waals surface area contributed by atoms with Crippen molar-refractivity contribution in [1.82, 2.24) is 16.0 Å². The number of rotatable bonds is 5. The standard InChI is InChI=1S/C20H27F3N4O2/c1-19(2,3)29-18(28)27-13-7-12-26-17(24-4)25-11-6-9-15-8-5-10-16(14-15)20(21,22)23/h5,8,10,14H,7,11-13H2,1-4H3,(H,27,28)(H2,24,25,26). The molecule has 0 bridgehead atoms. The maximum atomic E-state index is 12.7. The first kappa shape index (κ1) is 24.1. The molecule has 0 heterocycles. The Bertz CT molecular complexity index is 759. The highest BCUT2D eigenvalue weighted by atomic mass is 19.4. The van der Waals surface area contributed by atoms with E-state index in [1.807, 2.05) is 0 Å². The van der Waals surface area contributed by atoms with Crippen molar-refractivity contribution in [2.75, 3.05) is 26.7 Å². The van der Waals surface area contributed by atoms with Crippen LogP contribution >= 0.6 is 0 Å². The van der Waals surface area contributed by atoms with Crippen LogP contribution in [0.3, 0.4) is 0 Å². The third-order valence-corrected chi connectivity index (χ3v) is 3.30. The molecule has 160 valence electrons. The van der Waals surface area contributed by atoms with Gasteiger partial charge in [-0.2, -0.15) is 13.2 Å². The number of halogens is 3. The maximum Gasteiger partial charge on any atom is 0.416 e. The topological polar surface area (TPSA) is 74.8 Å². The summed E-state index contributed by atoms with van der Waals surface area (Å²) in [6, 6.07) is 4.86. The number of nitrogens with zero attached hydrogens (tertiary/aromatic N) is 1. The Morgan fingerprint density at radius 1 is 1.14 bits per heavy atom. The molecule has 29 heavy (non-hydrogen) atoms. The van der Waals surface area contributed by atoms with E-state index in [0.29, 0.717) is 25.5 Å². The molecule has 1 aromatic rings. The van der Waals surface area contributed by atoms with E-state index in [1.54, 1.807) is 27.8 Å². The molecule has 0 spiro atoms. The van der Waals surface area contributed by atoms with E-state index >= 15 is 0 Å². The average Bonchev–Trinajstić information content (AvgIpc) is 2.61. The van der Waals surface area contributed by atoms with Gasteiger partial charge < -0.3 is 20.7 Å². The van der Waals surface area contributed by atoms with Crippen LogP contribution in [0.5, 0.6) is 0 Å². The molecule has 0 aromatic heterocycles. The van der Waals surface area contributed by atoms with Crippen molar-refractivity contribution >= 4 is 12.1 Å². The fraction of sp³-hybridized carbons (Fsp3) is 0.500. The van der Waals surface area contributed by atoms with Crippen LogP contribution in [0, 0.1) is 11.8 Å². The second-order valence-electron chi connectivity index (χ2n) is 7.02. The number of hydrogen-bond donors (Lipinski definition) is 3. The number of alkyl halides is 3. The zero-order valence-electron chi connectivity index (χ0n) is 17.0. The normalized spacial score (nSPS) is 11.9. The van der Waals surface area contributed by atoms with Gasteiger partial charge in [-0.05, 0) is 45.4 Å². The zero-order valence-corrected chi connectivity index (χ0v) is 17.0. The average molecular weight is 412 g/mol. The number of benzene rings is 1. The summed E-state index contributed by atoms with van der Waals surface area (Å²) in [6.45, 7) is 6.58. The van der Waals surface area contributed by atoms with Crippen LogP contribution in [0.1, 0.15) is 38.3 Å². The summed E-state index contributed by atoms with van der Waals surface area (Å²) in [7, 11) is 1.59. The monoisotopic (exact) mass is 412 g/mol. The molecular formula is C20H27F3N4O2. The van der Waals surface area contributed by atoms with Crippen molar-refractivity contribution in [3.05, 3.63) is 35.4 Å². The van der Waals surface area contributed by atoms with Crippen LogP contribution in [-0.2, 0) is 10.9 Å². The lowest BCUT2D eigenvalue weighted by Gasteiger charge is -2.19. The highest BCUT2D eigenvalue weighted by Gasteiger charge is 2.30. The summed E-state index contributed by atoms with van der Waals surface area (Å²) in [5, 5.41) is 8.65. The van der Waals surface area contributed by atoms with Crippen LogP contribution in [0.15, 0.2) is 29.3 Å². The molecule has 1 aromatic carbocycles. The number of guanidine groups is 1. The maximum absolute atomic E-state index is 12.7. The predicted molar refractivity (Wildman–Crippen MR) is 107 cm³/mol. The minimum atomic E-state index is -4.39. The van der Waals surface area contributed by atoms with Crippen LogP contribution in [0.2, 0.25) is 0 Å². The quantitative estimate of drug-likeness (QED) is 0.301. The minimum absolute atomic E-state index is 0.214. The van der Waals surface area contributed by atoms with Crippen molar-refractivity contribution < 1.29 is 22.7 Å². The minimum Gasteiger partial charge on any atom is -0.444 e. The molecule has 9 heteroatoms. The van der Waals surface area contributed by atoms with Gasteiger partial charge in [-0.25, -0.2) is 4.79 Å². The number of ether oxygens (including phenoxy) is 1. The number of aliphatic imine (C=N–C) groups is 1. The molecule has 0 saturated carbocycles. The van der Waals surface area contributed by atoms with Gasteiger partial charge in [0, 0.05) is 25.7 Å². The van der Waals surface area contributed by atoms with Crippen LogP contribution in [-0.4, -0.2) is 44.3 Å². The van der Waals surface area contributed by atoms with E-state index in [4.69, 9.17) is 4.74 Å². The van der Waals surface area contributed by atoms with E-state index < -0.39 is 23.4 Å². The van der Waals surface area contributed by atoms with E-state index in [1.165, 1.54) is 12.1 Å². The number of nitrogens with one attached hydrogen (secondary N) is 3. The molecule has 0 saturated heterocycles. The molecular weight excluding hydrogens is 385 g/mol. The van der Waals surface area contributed by atoms with Crippen molar-refractivity contribution in [2.45, 2.75) is 39.0 Å². The van der Waals surface area contributed by atoms with Gasteiger partial charge in [0.05, 0.1) is 12.1 Å². The van der Waals surface area contributed by atoms with E-state index in [-0.39, 0.29) is 12.1 Å². The zero-order chi connectivity index (χ0) is 21.9. The third-order valence-electron chi connectivity index (χ3n) is 3.30. The molecule has 6 nitrogen and oxygen atoms in total. The van der Waals surface area contributed by atoms with Gasteiger partial charge in [0.25, 0.3) is 0 Å². The first-order valence-corrected chi connectivity index (χ1v) is 9.09. The number of hydrogen-bond acceptors (Lipinski definition) is 3. The summed E-state index contributed by atoms with van der Waals surface area (Å²) in [5.74, 6) is 5.95. The van der Waals surface area contributed by atoms with Gasteiger partial charge in [-0.15, -0.1) is 0 Å². The van der Waals surface area contributed by atoms with E-state index in [0.717, 1.165) is 12.1 Å². The molecule has 1 rings (SSSR count). The molecule has 0 radical (unpaired) electrons. The largest absolute Gasteiger partial charge is 0.444 e. The Hall–Kier alpha value is -2.89. The summed E-state index contributed by atoms with van der Waals surface area (Å²) < 4.78 is 43.2. The number of amides is 1. The van der Waals surface area contributed by atoms with Crippen LogP contribution in [0.4, 0.5) is 18.0 Å². The Labute approximate surface area is 169 Å². The molecule has 3 N–H and O–H groups in total. The summed E-state index contributed by atoms with van der Waals surface area (Å²) >= 11 is 0. The first-order chi connectivity index (χ1) is 13.5. The van der Waals surface area contributed by atoms with Gasteiger partial charge in [0.15, 0.2) is 5.96 Å². The third kappa shape index (κ3) is 10.9. The SMILES string of the molecule is CN=C(NCC#Cc1cccc(C(F)(F)F)c1)NCCCNC(=O)OC(C)(C)C. The highest BCUT2D eigenvalue weighted by molar-refractivity contribution is 5.79. The Balaban J connectivity index is 2.33. The van der Waals surface area contributed by atoms with E-state index in [2.05, 4.69) is 32.8 Å². The lowest BCUT2D eigenvalue weighted by Crippen LogP contribution is -2.39. The lowest BCUT2D eigenvalue weighted by molar-refractivity contribution is -0.137. The molecule has 1 amide bonds. The van der Waals surface area contributed by atoms with Gasteiger partial charge >= 0.3 is 12.3 Å². The molecule has 0 unspecified atom stereocenters. The molecule has 0 aliphatic heterocycles. The fourth-order valence-corrected chi connectivity index (χ4v) is 2.07. The number of carbonyl (C=O) groups is 1. The van der Waals surface area contributed by atoms with E-state index in [9.17, 15) is 18.0 Å². The van der Waals surface area contributed by atoms with Crippen molar-refractivity contribution in [3.63, 3.8) is 0 Å². The van der Waals surface area contributed by atoms with Gasteiger partial charge in [0.1, 0.15) is 5.60 Å². The second kappa shape index (κ2) is 11.2. The Kier molecular flexibility index (Phi) is 9.32. The smallest absolute Gasteiger partial charge is 0.416 e. The Morgan fingerprint density at radius 3 is 2.45 bits per heavy atom. The van der Waals surface area contributed by atoms with Crippen molar-refractivity contribution in [1.29, 1.82) is 0 Å². The summed E-state index contributed by atoms with van der Waals surface area (Å²) in [5.41, 5.74) is -0.976. The lowest BCUT2D eigenvalue weighted by atomic mass is 10.1. The van der Waals surface area contributed by atoms with Crippen LogP contribution < -0.4 is 16.0 Å². The molecule has 0 fully saturated rings. The van der Waals surface area contributed by atoms with Crippen molar-refractivity contribution in [2.24, 2.45) is 4.99 Å².